The van der Waals surface area contributed by atoms with Crippen molar-refractivity contribution in [1.29, 1.82) is 0 Å². The molecule has 1 aliphatic heterocycles. The van der Waals surface area contributed by atoms with E-state index in [2.05, 4.69) is 33.1 Å². The van der Waals surface area contributed by atoms with Gasteiger partial charge < -0.3 is 16.0 Å². The van der Waals surface area contributed by atoms with E-state index in [9.17, 15) is 4.39 Å². The summed E-state index contributed by atoms with van der Waals surface area (Å²) in [5.74, 6) is 0.559. The van der Waals surface area contributed by atoms with Crippen LogP contribution in [0.1, 0.15) is 19.8 Å². The molecular weight excluding hydrogens is 309 g/mol. The van der Waals surface area contributed by atoms with Gasteiger partial charge in [-0.15, -0.1) is 0 Å². The van der Waals surface area contributed by atoms with Gasteiger partial charge >= 0.3 is 0 Å². The first kappa shape index (κ1) is 14.6. The van der Waals surface area contributed by atoms with Crippen LogP contribution in [0.5, 0.6) is 0 Å². The van der Waals surface area contributed by atoms with E-state index in [4.69, 9.17) is 5.73 Å². The molecular formula is C14H21BrFN3. The molecule has 0 radical (unpaired) electrons. The van der Waals surface area contributed by atoms with E-state index in [1.807, 2.05) is 0 Å². The van der Waals surface area contributed by atoms with E-state index in [0.29, 0.717) is 15.8 Å². The highest BCUT2D eigenvalue weighted by atomic mass is 79.9. The fourth-order valence-electron chi connectivity index (χ4n) is 2.35. The van der Waals surface area contributed by atoms with Crippen LogP contribution in [-0.4, -0.2) is 31.1 Å². The standard InChI is InChI=1S/C14H21BrFN3/c1-10-2-5-19(6-3-10)7-4-18-14-9-12(16)11(15)8-13(14)17/h8-10,18H,2-7,17H2,1H3. The third-order valence-electron chi connectivity index (χ3n) is 3.71. The second-order valence-electron chi connectivity index (χ2n) is 5.30. The number of nitrogens with one attached hydrogen (secondary N) is 1. The van der Waals surface area contributed by atoms with Crippen molar-refractivity contribution < 1.29 is 4.39 Å². The minimum Gasteiger partial charge on any atom is -0.397 e. The van der Waals surface area contributed by atoms with Crippen molar-refractivity contribution >= 4 is 27.3 Å². The van der Waals surface area contributed by atoms with Crippen molar-refractivity contribution in [1.82, 2.24) is 4.90 Å². The van der Waals surface area contributed by atoms with E-state index < -0.39 is 0 Å². The molecule has 1 aliphatic rings. The van der Waals surface area contributed by atoms with Crippen LogP contribution in [-0.2, 0) is 0 Å². The van der Waals surface area contributed by atoms with Crippen molar-refractivity contribution in [2.75, 3.05) is 37.2 Å². The Labute approximate surface area is 122 Å². The molecule has 1 fully saturated rings. The molecule has 0 spiro atoms. The molecule has 3 nitrogen and oxygen atoms in total. The summed E-state index contributed by atoms with van der Waals surface area (Å²) >= 11 is 3.13. The number of likely N-dealkylation sites (tertiary alicyclic amines) is 1. The van der Waals surface area contributed by atoms with Gasteiger partial charge in [0.25, 0.3) is 0 Å². The normalized spacial score (nSPS) is 17.6. The van der Waals surface area contributed by atoms with Crippen molar-refractivity contribution in [2.24, 2.45) is 5.92 Å². The Morgan fingerprint density at radius 1 is 1.42 bits per heavy atom. The third-order valence-corrected chi connectivity index (χ3v) is 4.32. The molecule has 0 saturated carbocycles. The van der Waals surface area contributed by atoms with Gasteiger partial charge in [0.05, 0.1) is 15.8 Å². The van der Waals surface area contributed by atoms with Crippen molar-refractivity contribution in [3.63, 3.8) is 0 Å². The second kappa shape index (κ2) is 6.57. The minimum atomic E-state index is -0.288. The van der Waals surface area contributed by atoms with E-state index in [0.717, 1.165) is 32.1 Å². The van der Waals surface area contributed by atoms with Crippen LogP contribution in [0.4, 0.5) is 15.8 Å². The van der Waals surface area contributed by atoms with Crippen LogP contribution in [0.25, 0.3) is 0 Å². The first-order valence-electron chi connectivity index (χ1n) is 6.77. The van der Waals surface area contributed by atoms with Gasteiger partial charge in [0, 0.05) is 19.2 Å². The highest BCUT2D eigenvalue weighted by molar-refractivity contribution is 9.10. The summed E-state index contributed by atoms with van der Waals surface area (Å²) in [4.78, 5) is 2.44. The van der Waals surface area contributed by atoms with Gasteiger partial charge in [-0.2, -0.15) is 0 Å². The van der Waals surface area contributed by atoms with E-state index in [1.165, 1.54) is 18.9 Å². The molecule has 0 aliphatic carbocycles. The maximum absolute atomic E-state index is 13.4. The van der Waals surface area contributed by atoms with Crippen LogP contribution in [0.3, 0.4) is 0 Å². The summed E-state index contributed by atoms with van der Waals surface area (Å²) in [5.41, 5.74) is 7.10. The molecule has 1 heterocycles. The second-order valence-corrected chi connectivity index (χ2v) is 6.16. The number of hydrogen-bond donors (Lipinski definition) is 2. The molecule has 5 heteroatoms. The number of piperidine rings is 1. The smallest absolute Gasteiger partial charge is 0.139 e. The maximum Gasteiger partial charge on any atom is 0.139 e. The van der Waals surface area contributed by atoms with Gasteiger partial charge in [-0.25, -0.2) is 4.39 Å². The lowest BCUT2D eigenvalue weighted by Gasteiger charge is -2.30. The van der Waals surface area contributed by atoms with E-state index >= 15 is 0 Å². The lowest BCUT2D eigenvalue weighted by atomic mass is 9.99. The third kappa shape index (κ3) is 4.08. The Balaban J connectivity index is 1.81. The van der Waals surface area contributed by atoms with Gasteiger partial charge in [-0.3, -0.25) is 0 Å². The predicted molar refractivity (Wildman–Crippen MR) is 81.8 cm³/mol. The lowest BCUT2D eigenvalue weighted by Crippen LogP contribution is -2.36. The molecule has 0 atom stereocenters. The fraction of sp³-hybridized carbons (Fsp3) is 0.571. The average molecular weight is 330 g/mol. The van der Waals surface area contributed by atoms with Gasteiger partial charge in [-0.05, 0) is 53.8 Å². The summed E-state index contributed by atoms with van der Waals surface area (Å²) in [6.45, 7) is 6.39. The Kier molecular flexibility index (Phi) is 5.05. The quantitative estimate of drug-likeness (QED) is 0.832. The number of nitrogens with two attached hydrogens (primary N) is 1. The van der Waals surface area contributed by atoms with Crippen molar-refractivity contribution in [3.05, 3.63) is 22.4 Å². The molecule has 0 bridgehead atoms. The van der Waals surface area contributed by atoms with Crippen molar-refractivity contribution in [2.45, 2.75) is 19.8 Å². The van der Waals surface area contributed by atoms with Gasteiger partial charge in [0.2, 0.25) is 0 Å². The zero-order valence-corrected chi connectivity index (χ0v) is 12.8. The first-order valence-corrected chi connectivity index (χ1v) is 7.56. The Hall–Kier alpha value is -0.810. The first-order chi connectivity index (χ1) is 9.06. The molecule has 0 unspecified atom stereocenters. The number of benzene rings is 1. The summed E-state index contributed by atoms with van der Waals surface area (Å²) < 4.78 is 13.8. The maximum atomic E-state index is 13.4. The largest absolute Gasteiger partial charge is 0.397 e. The van der Waals surface area contributed by atoms with Gasteiger partial charge in [0.15, 0.2) is 0 Å². The molecule has 1 aromatic carbocycles. The Morgan fingerprint density at radius 2 is 2.11 bits per heavy atom. The highest BCUT2D eigenvalue weighted by Crippen LogP contribution is 2.26. The van der Waals surface area contributed by atoms with Crippen LogP contribution in [0.2, 0.25) is 0 Å². The molecule has 106 valence electrons. The van der Waals surface area contributed by atoms with Crippen LogP contribution >= 0.6 is 15.9 Å². The molecule has 3 N–H and O–H groups in total. The number of halogens is 2. The van der Waals surface area contributed by atoms with Crippen LogP contribution in [0.15, 0.2) is 16.6 Å². The zero-order valence-electron chi connectivity index (χ0n) is 11.3. The van der Waals surface area contributed by atoms with E-state index in [1.54, 1.807) is 6.07 Å². The summed E-state index contributed by atoms with van der Waals surface area (Å²) in [7, 11) is 0. The Morgan fingerprint density at radius 3 is 2.79 bits per heavy atom. The summed E-state index contributed by atoms with van der Waals surface area (Å²) in [6, 6.07) is 3.04. The molecule has 0 amide bonds. The molecule has 2 rings (SSSR count). The van der Waals surface area contributed by atoms with E-state index in [-0.39, 0.29) is 5.82 Å². The van der Waals surface area contributed by atoms with Crippen molar-refractivity contribution in [3.8, 4) is 0 Å². The Bertz CT molecular complexity index is 431. The fourth-order valence-corrected chi connectivity index (χ4v) is 2.71. The topological polar surface area (TPSA) is 41.3 Å². The van der Waals surface area contributed by atoms with Gasteiger partial charge in [0.1, 0.15) is 5.82 Å². The monoisotopic (exact) mass is 329 g/mol. The SMILES string of the molecule is CC1CCN(CCNc2cc(F)c(Br)cc2N)CC1. The van der Waals surface area contributed by atoms with Crippen LogP contribution in [0, 0.1) is 11.7 Å². The number of nitrogens with zero attached hydrogens (tertiary/aromatic N) is 1. The predicted octanol–water partition coefficient (Wildman–Crippen LogP) is 3.31. The molecule has 1 saturated heterocycles. The number of hydrogen-bond acceptors (Lipinski definition) is 3. The summed E-state index contributed by atoms with van der Waals surface area (Å²) in [5, 5.41) is 3.21. The average Bonchev–Trinajstić information content (AvgIpc) is 2.38. The highest BCUT2D eigenvalue weighted by Gasteiger charge is 2.15. The molecule has 0 aromatic heterocycles. The minimum absolute atomic E-state index is 0.288. The lowest BCUT2D eigenvalue weighted by molar-refractivity contribution is 0.199. The zero-order chi connectivity index (χ0) is 13.8. The molecule has 1 aromatic rings. The number of nitrogen functional groups attached to an aromatic ring is 1. The number of rotatable bonds is 4. The number of anilines is 2. The van der Waals surface area contributed by atoms with Crippen LogP contribution < -0.4 is 11.1 Å². The summed E-state index contributed by atoms with van der Waals surface area (Å²) in [6.07, 6.45) is 2.55. The van der Waals surface area contributed by atoms with Gasteiger partial charge in [-0.1, -0.05) is 6.92 Å². The molecule has 19 heavy (non-hydrogen) atoms.